The van der Waals surface area contributed by atoms with Gasteiger partial charge in [0.05, 0.1) is 23.7 Å². The second-order valence-electron chi connectivity index (χ2n) is 7.86. The van der Waals surface area contributed by atoms with Crippen LogP contribution in [0, 0.1) is 6.92 Å². The lowest BCUT2D eigenvalue weighted by molar-refractivity contribution is -0.130. The highest BCUT2D eigenvalue weighted by atomic mass is 16.5. The van der Waals surface area contributed by atoms with Crippen molar-refractivity contribution in [1.82, 2.24) is 14.9 Å². The van der Waals surface area contributed by atoms with E-state index in [4.69, 9.17) is 14.5 Å². The lowest BCUT2D eigenvalue weighted by Gasteiger charge is -2.18. The van der Waals surface area contributed by atoms with E-state index in [1.807, 2.05) is 37.3 Å². The maximum Gasteiger partial charge on any atom is 0.249 e. The Labute approximate surface area is 177 Å². The SMILES string of the molecule is Cc1ccc(OCCCn2c(C(C)NC(=O)C3CCCO3)nc3ccccc32)cc1. The summed E-state index contributed by atoms with van der Waals surface area (Å²) in [6.45, 7) is 6.08. The third-order valence-electron chi connectivity index (χ3n) is 5.47. The molecule has 1 fully saturated rings. The standard InChI is InChI=1S/C24H29N3O3/c1-17-10-12-19(13-11-17)29-16-6-14-27-21-8-4-3-7-20(21)26-23(27)18(2)25-24(28)22-9-5-15-30-22/h3-4,7-8,10-13,18,22H,5-6,9,14-16H2,1-2H3,(H,25,28). The van der Waals surface area contributed by atoms with E-state index in [1.165, 1.54) is 5.56 Å². The lowest BCUT2D eigenvalue weighted by Crippen LogP contribution is -2.36. The minimum Gasteiger partial charge on any atom is -0.494 e. The number of carbonyl (C=O) groups is 1. The molecule has 1 N–H and O–H groups in total. The van der Waals surface area contributed by atoms with Crippen molar-refractivity contribution in [3.05, 3.63) is 59.9 Å². The van der Waals surface area contributed by atoms with Crippen molar-refractivity contribution in [3.63, 3.8) is 0 Å². The minimum absolute atomic E-state index is 0.0543. The van der Waals surface area contributed by atoms with E-state index >= 15 is 0 Å². The number of ether oxygens (including phenoxy) is 2. The van der Waals surface area contributed by atoms with Crippen LogP contribution in [0.25, 0.3) is 11.0 Å². The maximum atomic E-state index is 12.5. The van der Waals surface area contributed by atoms with Crippen LogP contribution >= 0.6 is 0 Å². The van der Waals surface area contributed by atoms with Gasteiger partial charge in [0.2, 0.25) is 5.91 Å². The smallest absolute Gasteiger partial charge is 0.249 e. The average molecular weight is 408 g/mol. The number of hydrogen-bond donors (Lipinski definition) is 1. The number of aromatic nitrogens is 2. The topological polar surface area (TPSA) is 65.4 Å². The van der Waals surface area contributed by atoms with Crippen molar-refractivity contribution in [2.75, 3.05) is 13.2 Å². The van der Waals surface area contributed by atoms with Crippen LogP contribution in [0.15, 0.2) is 48.5 Å². The fraction of sp³-hybridized carbons (Fsp3) is 0.417. The first-order valence-electron chi connectivity index (χ1n) is 10.7. The molecular weight excluding hydrogens is 378 g/mol. The van der Waals surface area contributed by atoms with Gasteiger partial charge < -0.3 is 19.4 Å². The summed E-state index contributed by atoms with van der Waals surface area (Å²) in [7, 11) is 0. The van der Waals surface area contributed by atoms with Gasteiger partial charge in [0.1, 0.15) is 17.7 Å². The Morgan fingerprint density at radius 2 is 2.07 bits per heavy atom. The Bertz CT molecular complexity index is 991. The van der Waals surface area contributed by atoms with Crippen LogP contribution in [0.1, 0.15) is 43.6 Å². The number of imidazole rings is 1. The van der Waals surface area contributed by atoms with Crippen LogP contribution in [0.4, 0.5) is 0 Å². The summed E-state index contributed by atoms with van der Waals surface area (Å²) in [4.78, 5) is 17.3. The fourth-order valence-corrected chi connectivity index (χ4v) is 3.86. The molecule has 158 valence electrons. The maximum absolute atomic E-state index is 12.5. The highest BCUT2D eigenvalue weighted by Gasteiger charge is 2.26. The Morgan fingerprint density at radius 1 is 1.27 bits per heavy atom. The van der Waals surface area contributed by atoms with E-state index in [0.29, 0.717) is 13.2 Å². The summed E-state index contributed by atoms with van der Waals surface area (Å²) in [6, 6.07) is 16.0. The third kappa shape index (κ3) is 4.65. The molecule has 0 spiro atoms. The number of aryl methyl sites for hydroxylation is 2. The molecule has 6 heteroatoms. The fourth-order valence-electron chi connectivity index (χ4n) is 3.86. The predicted octanol–water partition coefficient (Wildman–Crippen LogP) is 4.17. The molecule has 0 radical (unpaired) electrons. The molecule has 0 bridgehead atoms. The Hall–Kier alpha value is -2.86. The molecule has 2 unspecified atom stereocenters. The van der Waals surface area contributed by atoms with Gasteiger partial charge in [0.15, 0.2) is 0 Å². The van der Waals surface area contributed by atoms with Gasteiger partial charge in [-0.2, -0.15) is 0 Å². The molecule has 6 nitrogen and oxygen atoms in total. The molecule has 3 aromatic rings. The number of amides is 1. The zero-order valence-electron chi connectivity index (χ0n) is 17.6. The van der Waals surface area contributed by atoms with Gasteiger partial charge in [0.25, 0.3) is 0 Å². The van der Waals surface area contributed by atoms with Crippen molar-refractivity contribution >= 4 is 16.9 Å². The molecule has 2 aromatic carbocycles. The lowest BCUT2D eigenvalue weighted by atomic mass is 10.2. The van der Waals surface area contributed by atoms with Gasteiger partial charge >= 0.3 is 0 Å². The number of hydrogen-bond acceptors (Lipinski definition) is 4. The molecule has 1 aliphatic heterocycles. The van der Waals surface area contributed by atoms with E-state index in [-0.39, 0.29) is 18.1 Å². The van der Waals surface area contributed by atoms with Crippen molar-refractivity contribution in [2.24, 2.45) is 0 Å². The largest absolute Gasteiger partial charge is 0.494 e. The summed E-state index contributed by atoms with van der Waals surface area (Å²) in [5, 5.41) is 3.08. The van der Waals surface area contributed by atoms with E-state index in [0.717, 1.165) is 48.4 Å². The first-order chi connectivity index (χ1) is 14.6. The Morgan fingerprint density at radius 3 is 2.83 bits per heavy atom. The number of nitrogens with one attached hydrogen (secondary N) is 1. The van der Waals surface area contributed by atoms with Gasteiger partial charge in [0, 0.05) is 13.2 Å². The summed E-state index contributed by atoms with van der Waals surface area (Å²) in [5.74, 6) is 1.69. The molecule has 1 aromatic heterocycles. The van der Waals surface area contributed by atoms with Crippen LogP contribution in [-0.4, -0.2) is 34.8 Å². The summed E-state index contributed by atoms with van der Waals surface area (Å²) < 4.78 is 13.6. The number of carbonyl (C=O) groups excluding carboxylic acids is 1. The first-order valence-corrected chi connectivity index (χ1v) is 10.7. The van der Waals surface area contributed by atoms with Gasteiger partial charge in [-0.1, -0.05) is 29.8 Å². The number of fused-ring (bicyclic) bond motifs is 1. The van der Waals surface area contributed by atoms with Gasteiger partial charge in [-0.3, -0.25) is 4.79 Å². The number of rotatable bonds is 8. The molecule has 4 rings (SSSR count). The molecule has 1 amide bonds. The zero-order chi connectivity index (χ0) is 20.9. The Kier molecular flexibility index (Phi) is 6.33. The summed E-state index contributed by atoms with van der Waals surface area (Å²) in [6.07, 6.45) is 2.22. The molecule has 2 atom stereocenters. The van der Waals surface area contributed by atoms with Crippen molar-refractivity contribution < 1.29 is 14.3 Å². The second-order valence-corrected chi connectivity index (χ2v) is 7.86. The predicted molar refractivity (Wildman–Crippen MR) is 117 cm³/mol. The first kappa shape index (κ1) is 20.4. The van der Waals surface area contributed by atoms with Crippen LogP contribution in [-0.2, 0) is 16.1 Å². The van der Waals surface area contributed by atoms with Gasteiger partial charge in [-0.25, -0.2) is 4.98 Å². The second kappa shape index (κ2) is 9.30. The molecule has 30 heavy (non-hydrogen) atoms. The zero-order valence-corrected chi connectivity index (χ0v) is 17.6. The van der Waals surface area contributed by atoms with Crippen molar-refractivity contribution in [1.29, 1.82) is 0 Å². The highest BCUT2D eigenvalue weighted by molar-refractivity contribution is 5.81. The summed E-state index contributed by atoms with van der Waals surface area (Å²) >= 11 is 0. The molecule has 0 saturated carbocycles. The molecular formula is C24H29N3O3. The normalized spacial score (nSPS) is 17.2. The monoisotopic (exact) mass is 407 g/mol. The van der Waals surface area contributed by atoms with Crippen LogP contribution < -0.4 is 10.1 Å². The van der Waals surface area contributed by atoms with E-state index in [1.54, 1.807) is 0 Å². The summed E-state index contributed by atoms with van der Waals surface area (Å²) in [5.41, 5.74) is 3.22. The molecule has 2 heterocycles. The minimum atomic E-state index is -0.340. The highest BCUT2D eigenvalue weighted by Crippen LogP contribution is 2.22. The van der Waals surface area contributed by atoms with Crippen LogP contribution in [0.2, 0.25) is 0 Å². The van der Waals surface area contributed by atoms with Crippen molar-refractivity contribution in [3.8, 4) is 5.75 Å². The Balaban J connectivity index is 1.44. The average Bonchev–Trinajstić information content (AvgIpc) is 3.41. The number of para-hydroxylation sites is 2. The van der Waals surface area contributed by atoms with Crippen LogP contribution in [0.3, 0.4) is 0 Å². The van der Waals surface area contributed by atoms with E-state index in [2.05, 4.69) is 35.0 Å². The molecule has 1 saturated heterocycles. The van der Waals surface area contributed by atoms with Gasteiger partial charge in [-0.15, -0.1) is 0 Å². The number of nitrogens with zero attached hydrogens (tertiary/aromatic N) is 2. The van der Waals surface area contributed by atoms with Gasteiger partial charge in [-0.05, 0) is 57.4 Å². The molecule has 1 aliphatic rings. The van der Waals surface area contributed by atoms with Crippen molar-refractivity contribution in [2.45, 2.75) is 51.8 Å². The quantitative estimate of drug-likeness (QED) is 0.569. The molecule has 0 aliphatic carbocycles. The third-order valence-corrected chi connectivity index (χ3v) is 5.47. The number of benzene rings is 2. The van der Waals surface area contributed by atoms with E-state index in [9.17, 15) is 4.79 Å². The van der Waals surface area contributed by atoms with E-state index < -0.39 is 0 Å². The van der Waals surface area contributed by atoms with Crippen LogP contribution in [0.5, 0.6) is 5.75 Å².